The number of hydrogen-bond donors (Lipinski definition) is 2. The summed E-state index contributed by atoms with van der Waals surface area (Å²) in [4.78, 5) is 12.5. The number of benzene rings is 2. The van der Waals surface area contributed by atoms with E-state index < -0.39 is 6.04 Å². The van der Waals surface area contributed by atoms with Gasteiger partial charge in [0.1, 0.15) is 17.5 Å². The molecule has 1 amide bonds. The molecule has 0 aliphatic carbocycles. The van der Waals surface area contributed by atoms with E-state index in [4.69, 9.17) is 10.5 Å². The van der Waals surface area contributed by atoms with E-state index in [1.54, 1.807) is 35.8 Å². The van der Waals surface area contributed by atoms with Crippen LogP contribution < -0.4 is 15.8 Å². The average Bonchev–Trinajstić information content (AvgIpc) is 3.04. The van der Waals surface area contributed by atoms with E-state index in [2.05, 4.69) is 15.5 Å². The molecule has 0 saturated heterocycles. The highest BCUT2D eigenvalue weighted by Gasteiger charge is 2.21. The third kappa shape index (κ3) is 3.97. The standard InChI is InChI=1S/C18H19N5O2S/c1-12(23-17(19)21-22-18(23)26-2)16(24)20-13-8-10-15(11-9-13)25-14-6-4-3-5-7-14/h3-12H,1-2H3,(H2,19,21)(H,20,24)/t12-/m0/s1. The number of rotatable bonds is 6. The number of carbonyl (C=O) groups excluding carboxylic acids is 1. The highest BCUT2D eigenvalue weighted by Crippen LogP contribution is 2.24. The van der Waals surface area contributed by atoms with Gasteiger partial charge >= 0.3 is 0 Å². The Labute approximate surface area is 155 Å². The molecule has 0 radical (unpaired) electrons. The predicted octanol–water partition coefficient (Wildman–Crippen LogP) is 3.57. The van der Waals surface area contributed by atoms with E-state index in [-0.39, 0.29) is 11.9 Å². The largest absolute Gasteiger partial charge is 0.457 e. The Morgan fingerprint density at radius 1 is 1.12 bits per heavy atom. The molecule has 134 valence electrons. The smallest absolute Gasteiger partial charge is 0.247 e. The molecular weight excluding hydrogens is 350 g/mol. The fourth-order valence-corrected chi connectivity index (χ4v) is 2.96. The van der Waals surface area contributed by atoms with Crippen LogP contribution in [0.2, 0.25) is 0 Å². The van der Waals surface area contributed by atoms with Gasteiger partial charge in [-0.15, -0.1) is 10.2 Å². The topological polar surface area (TPSA) is 95.1 Å². The number of amides is 1. The minimum Gasteiger partial charge on any atom is -0.457 e. The molecule has 0 aliphatic heterocycles. The fourth-order valence-electron chi connectivity index (χ4n) is 2.39. The van der Waals surface area contributed by atoms with Crippen molar-refractivity contribution >= 4 is 29.3 Å². The molecule has 26 heavy (non-hydrogen) atoms. The summed E-state index contributed by atoms with van der Waals surface area (Å²) in [6.45, 7) is 1.75. The van der Waals surface area contributed by atoms with Crippen molar-refractivity contribution in [1.29, 1.82) is 0 Å². The van der Waals surface area contributed by atoms with Gasteiger partial charge in [-0.25, -0.2) is 0 Å². The summed E-state index contributed by atoms with van der Waals surface area (Å²) in [6, 6.07) is 16.1. The van der Waals surface area contributed by atoms with Crippen molar-refractivity contribution in [2.75, 3.05) is 17.3 Å². The molecule has 0 fully saturated rings. The second kappa shape index (κ2) is 7.92. The molecule has 8 heteroatoms. The Bertz CT molecular complexity index is 880. The number of anilines is 2. The van der Waals surface area contributed by atoms with E-state index >= 15 is 0 Å². The summed E-state index contributed by atoms with van der Waals surface area (Å²) in [6.07, 6.45) is 1.86. The van der Waals surface area contributed by atoms with Gasteiger partial charge in [-0.2, -0.15) is 0 Å². The number of nitrogen functional groups attached to an aromatic ring is 1. The van der Waals surface area contributed by atoms with Crippen molar-refractivity contribution in [3.63, 3.8) is 0 Å². The molecule has 0 aliphatic rings. The monoisotopic (exact) mass is 369 g/mol. The number of para-hydroxylation sites is 1. The third-order valence-corrected chi connectivity index (χ3v) is 4.38. The van der Waals surface area contributed by atoms with Crippen LogP contribution in [0.15, 0.2) is 59.8 Å². The predicted molar refractivity (Wildman–Crippen MR) is 103 cm³/mol. The van der Waals surface area contributed by atoms with Crippen molar-refractivity contribution in [3.8, 4) is 11.5 Å². The lowest BCUT2D eigenvalue weighted by molar-refractivity contribution is -0.118. The number of thioether (sulfide) groups is 1. The van der Waals surface area contributed by atoms with E-state index in [9.17, 15) is 4.79 Å². The van der Waals surface area contributed by atoms with Gasteiger partial charge in [-0.3, -0.25) is 9.36 Å². The van der Waals surface area contributed by atoms with Gasteiger partial charge < -0.3 is 15.8 Å². The summed E-state index contributed by atoms with van der Waals surface area (Å²) >= 11 is 1.38. The van der Waals surface area contributed by atoms with E-state index in [0.29, 0.717) is 16.6 Å². The van der Waals surface area contributed by atoms with Gasteiger partial charge in [0.05, 0.1) is 0 Å². The number of carbonyl (C=O) groups is 1. The van der Waals surface area contributed by atoms with Crippen LogP contribution in [0.4, 0.5) is 11.6 Å². The van der Waals surface area contributed by atoms with Crippen LogP contribution in [-0.4, -0.2) is 26.9 Å². The molecule has 2 aromatic carbocycles. The highest BCUT2D eigenvalue weighted by atomic mass is 32.2. The minimum absolute atomic E-state index is 0.205. The maximum Gasteiger partial charge on any atom is 0.247 e. The molecule has 0 spiro atoms. The Balaban J connectivity index is 1.67. The van der Waals surface area contributed by atoms with E-state index in [1.165, 1.54) is 11.8 Å². The van der Waals surface area contributed by atoms with Crippen LogP contribution in [0.1, 0.15) is 13.0 Å². The van der Waals surface area contributed by atoms with Gasteiger partial charge in [0.25, 0.3) is 0 Å². The Morgan fingerprint density at radius 2 is 1.77 bits per heavy atom. The van der Waals surface area contributed by atoms with E-state index in [0.717, 1.165) is 5.75 Å². The van der Waals surface area contributed by atoms with Crippen molar-refractivity contribution in [2.24, 2.45) is 0 Å². The van der Waals surface area contributed by atoms with Gasteiger partial charge in [0, 0.05) is 5.69 Å². The molecule has 7 nitrogen and oxygen atoms in total. The Hall–Kier alpha value is -3.00. The summed E-state index contributed by atoms with van der Waals surface area (Å²) in [5.41, 5.74) is 6.49. The number of aromatic nitrogens is 3. The first-order valence-corrected chi connectivity index (χ1v) is 9.19. The first kappa shape index (κ1) is 17.8. The lowest BCUT2D eigenvalue weighted by Gasteiger charge is -2.16. The molecule has 1 aromatic heterocycles. The Morgan fingerprint density at radius 3 is 2.42 bits per heavy atom. The molecule has 0 saturated carbocycles. The molecule has 3 aromatic rings. The number of hydrogen-bond acceptors (Lipinski definition) is 6. The molecule has 3 rings (SSSR count). The molecule has 0 unspecified atom stereocenters. The number of ether oxygens (including phenoxy) is 1. The summed E-state index contributed by atoms with van der Waals surface area (Å²) < 4.78 is 7.34. The molecular formula is C18H19N5O2S. The van der Waals surface area contributed by atoms with Crippen molar-refractivity contribution in [2.45, 2.75) is 18.1 Å². The number of nitrogens with zero attached hydrogens (tertiary/aromatic N) is 3. The van der Waals surface area contributed by atoms with Crippen LogP contribution >= 0.6 is 11.8 Å². The zero-order valence-electron chi connectivity index (χ0n) is 14.4. The van der Waals surface area contributed by atoms with Gasteiger partial charge in [0.2, 0.25) is 11.9 Å². The fraction of sp³-hybridized carbons (Fsp3) is 0.167. The van der Waals surface area contributed by atoms with Gasteiger partial charge in [-0.05, 0) is 49.6 Å². The second-order valence-electron chi connectivity index (χ2n) is 5.52. The number of nitrogens with one attached hydrogen (secondary N) is 1. The molecule has 3 N–H and O–H groups in total. The third-order valence-electron chi connectivity index (χ3n) is 3.74. The Kier molecular flexibility index (Phi) is 5.43. The van der Waals surface area contributed by atoms with Gasteiger partial charge in [-0.1, -0.05) is 30.0 Å². The zero-order valence-corrected chi connectivity index (χ0v) is 15.2. The van der Waals surface area contributed by atoms with Crippen molar-refractivity contribution < 1.29 is 9.53 Å². The van der Waals surface area contributed by atoms with Crippen LogP contribution in [0.3, 0.4) is 0 Å². The summed E-state index contributed by atoms with van der Waals surface area (Å²) in [5, 5.41) is 11.2. The SMILES string of the molecule is CSc1nnc(N)n1[C@@H](C)C(=O)Nc1ccc(Oc2ccccc2)cc1. The first-order valence-electron chi connectivity index (χ1n) is 7.96. The second-order valence-corrected chi connectivity index (χ2v) is 6.29. The summed E-state index contributed by atoms with van der Waals surface area (Å²) in [5.74, 6) is 1.45. The summed E-state index contributed by atoms with van der Waals surface area (Å²) in [7, 11) is 0. The van der Waals surface area contributed by atoms with E-state index in [1.807, 2.05) is 36.6 Å². The van der Waals surface area contributed by atoms with Crippen LogP contribution in [0, 0.1) is 0 Å². The van der Waals surface area contributed by atoms with Crippen LogP contribution in [0.25, 0.3) is 0 Å². The van der Waals surface area contributed by atoms with Crippen molar-refractivity contribution in [1.82, 2.24) is 14.8 Å². The maximum atomic E-state index is 12.5. The number of nitrogens with two attached hydrogens (primary N) is 1. The lowest BCUT2D eigenvalue weighted by Crippen LogP contribution is -2.25. The maximum absolute atomic E-state index is 12.5. The molecule has 1 atom stereocenters. The minimum atomic E-state index is -0.535. The highest BCUT2D eigenvalue weighted by molar-refractivity contribution is 7.98. The molecule has 1 heterocycles. The lowest BCUT2D eigenvalue weighted by atomic mass is 10.2. The van der Waals surface area contributed by atoms with Crippen molar-refractivity contribution in [3.05, 3.63) is 54.6 Å². The normalized spacial score (nSPS) is 11.8. The quantitative estimate of drug-likeness (QED) is 0.645. The first-order chi connectivity index (χ1) is 12.6. The van der Waals surface area contributed by atoms with Crippen LogP contribution in [-0.2, 0) is 4.79 Å². The zero-order chi connectivity index (χ0) is 18.5. The average molecular weight is 369 g/mol. The van der Waals surface area contributed by atoms with Gasteiger partial charge in [0.15, 0.2) is 5.16 Å². The molecule has 0 bridgehead atoms. The van der Waals surface area contributed by atoms with Crippen LogP contribution in [0.5, 0.6) is 11.5 Å².